The Bertz CT molecular complexity index is 1480. The Hall–Kier alpha value is -4.30. The van der Waals surface area contributed by atoms with Crippen LogP contribution in [0.1, 0.15) is 36.1 Å². The minimum atomic E-state index is -0.569. The van der Waals surface area contributed by atoms with Crippen molar-refractivity contribution in [3.63, 3.8) is 0 Å². The number of benzene rings is 3. The summed E-state index contributed by atoms with van der Waals surface area (Å²) in [5.41, 5.74) is 4.51. The van der Waals surface area contributed by atoms with Crippen LogP contribution in [0.5, 0.6) is 5.75 Å². The molecule has 0 N–H and O–H groups in total. The van der Waals surface area contributed by atoms with Crippen LogP contribution in [-0.4, -0.2) is 41.0 Å². The summed E-state index contributed by atoms with van der Waals surface area (Å²) in [6, 6.07) is 26.5. The molecule has 40 heavy (non-hydrogen) atoms. The monoisotopic (exact) mass is 553 g/mol. The summed E-state index contributed by atoms with van der Waals surface area (Å²) < 4.78 is 11.5. The van der Waals surface area contributed by atoms with Gasteiger partial charge in [-0.15, -0.1) is 0 Å². The maximum Gasteiger partial charge on any atom is 0.338 e. The molecule has 0 spiro atoms. The highest BCUT2D eigenvalue weighted by Crippen LogP contribution is 2.47. The molecule has 0 bridgehead atoms. The van der Waals surface area contributed by atoms with Crippen LogP contribution < -0.4 is 4.74 Å². The molecule has 1 atom stereocenters. The third-order valence-corrected chi connectivity index (χ3v) is 7.78. The number of thioether (sulfide) groups is 1. The Morgan fingerprint density at radius 2 is 1.60 bits per heavy atom. The summed E-state index contributed by atoms with van der Waals surface area (Å²) in [5.74, 6) is 0.151. The molecule has 2 aliphatic heterocycles. The summed E-state index contributed by atoms with van der Waals surface area (Å²) >= 11 is 1.45. The van der Waals surface area contributed by atoms with E-state index in [2.05, 4.69) is 0 Å². The summed E-state index contributed by atoms with van der Waals surface area (Å²) in [6.45, 7) is 2.47. The molecule has 2 heterocycles. The van der Waals surface area contributed by atoms with E-state index in [9.17, 15) is 9.59 Å². The van der Waals surface area contributed by atoms with E-state index in [1.165, 1.54) is 11.8 Å². The molecule has 0 unspecified atom stereocenters. The van der Waals surface area contributed by atoms with Crippen LogP contribution in [0, 0.1) is 0 Å². The van der Waals surface area contributed by atoms with Crippen LogP contribution >= 0.6 is 11.8 Å². The van der Waals surface area contributed by atoms with E-state index < -0.39 is 12.0 Å². The minimum Gasteiger partial charge on any atom is -0.496 e. The van der Waals surface area contributed by atoms with E-state index >= 15 is 0 Å². The number of carbonyl (C=O) groups excluding carboxylic acids is 2. The molecule has 0 radical (unpaired) electrons. The van der Waals surface area contributed by atoms with Gasteiger partial charge in [0.1, 0.15) is 12.4 Å². The van der Waals surface area contributed by atoms with Gasteiger partial charge in [-0.1, -0.05) is 90.6 Å². The number of fused-ring (bicyclic) bond motifs is 1. The number of amides is 1. The van der Waals surface area contributed by atoms with Gasteiger partial charge in [-0.25, -0.2) is 9.79 Å². The first-order chi connectivity index (χ1) is 19.5. The van der Waals surface area contributed by atoms with Gasteiger partial charge in [0.25, 0.3) is 0 Å². The van der Waals surface area contributed by atoms with Crippen molar-refractivity contribution in [3.05, 3.63) is 124 Å². The number of aliphatic imine (C=N–C) groups is 1. The third-order valence-electron chi connectivity index (χ3n) is 6.89. The lowest BCUT2D eigenvalue weighted by Crippen LogP contribution is -2.38. The number of allylic oxidation sites excluding steroid dienone is 1. The lowest BCUT2D eigenvalue weighted by Gasteiger charge is -2.37. The van der Waals surface area contributed by atoms with E-state index in [-0.39, 0.29) is 18.9 Å². The maximum atomic E-state index is 13.7. The molecule has 8 heteroatoms. The topological polar surface area (TPSA) is 71.4 Å². The number of para-hydroxylation sites is 1. The molecule has 1 amide bonds. The van der Waals surface area contributed by atoms with Crippen molar-refractivity contribution in [1.29, 1.82) is 0 Å². The number of carbonyl (C=O) groups is 2. The number of amidine groups is 1. The van der Waals surface area contributed by atoms with Gasteiger partial charge in [-0.05, 0) is 29.5 Å². The Morgan fingerprint density at radius 3 is 2.30 bits per heavy atom. The number of methoxy groups -OCH3 is 1. The number of hydrogen-bond acceptors (Lipinski definition) is 7. The predicted molar refractivity (Wildman–Crippen MR) is 157 cm³/mol. The zero-order valence-electron chi connectivity index (χ0n) is 22.7. The number of rotatable bonds is 9. The standard InChI is InChI=1S/C32H31N3O4S/c1-22-29(31(37)39-20-24-14-8-5-9-15-24)30(26-16-10-11-17-27(26)38-3)35-25(21-40-32(35)33-22)18-28(36)34(2)19-23-12-6-4-7-13-23/h4-17,21,30H,18-20H2,1-3H3/t30-/m1/s1. The smallest absolute Gasteiger partial charge is 0.338 e. The summed E-state index contributed by atoms with van der Waals surface area (Å²) in [5, 5.41) is 2.66. The predicted octanol–water partition coefficient (Wildman–Crippen LogP) is 6.06. The average molecular weight is 554 g/mol. The molecule has 0 saturated heterocycles. The Balaban J connectivity index is 1.45. The maximum absolute atomic E-state index is 13.7. The van der Waals surface area contributed by atoms with E-state index in [0.29, 0.717) is 28.7 Å². The molecule has 2 aliphatic rings. The van der Waals surface area contributed by atoms with E-state index in [0.717, 1.165) is 22.4 Å². The van der Waals surface area contributed by atoms with Gasteiger partial charge in [0.05, 0.1) is 30.8 Å². The fraction of sp³-hybridized carbons (Fsp3) is 0.219. The van der Waals surface area contributed by atoms with Crippen LogP contribution in [0.15, 0.2) is 112 Å². The van der Waals surface area contributed by atoms with Crippen molar-refractivity contribution in [2.24, 2.45) is 4.99 Å². The highest BCUT2D eigenvalue weighted by molar-refractivity contribution is 8.16. The molecular weight excluding hydrogens is 522 g/mol. The van der Waals surface area contributed by atoms with Gasteiger partial charge in [-0.3, -0.25) is 4.79 Å². The number of ether oxygens (including phenoxy) is 2. The summed E-state index contributed by atoms with van der Waals surface area (Å²) in [7, 11) is 3.41. The van der Waals surface area contributed by atoms with Crippen LogP contribution in [0.3, 0.4) is 0 Å². The largest absolute Gasteiger partial charge is 0.496 e. The first kappa shape index (κ1) is 27.3. The number of hydrogen-bond donors (Lipinski definition) is 0. The lowest BCUT2D eigenvalue weighted by molar-refractivity contribution is -0.141. The normalized spacial score (nSPS) is 16.2. The van der Waals surface area contributed by atoms with Crippen molar-refractivity contribution in [2.45, 2.75) is 32.5 Å². The van der Waals surface area contributed by atoms with Gasteiger partial charge in [0.2, 0.25) is 5.91 Å². The second-order valence-corrected chi connectivity index (χ2v) is 10.4. The second-order valence-electron chi connectivity index (χ2n) is 9.61. The van der Waals surface area contributed by atoms with E-state index in [4.69, 9.17) is 14.5 Å². The van der Waals surface area contributed by atoms with E-state index in [1.54, 1.807) is 19.1 Å². The van der Waals surface area contributed by atoms with Crippen LogP contribution in [-0.2, 0) is 27.5 Å². The van der Waals surface area contributed by atoms with Crippen molar-refractivity contribution >= 4 is 28.8 Å². The third kappa shape index (κ3) is 5.82. The Morgan fingerprint density at radius 1 is 0.950 bits per heavy atom. The molecule has 0 aliphatic carbocycles. The first-order valence-electron chi connectivity index (χ1n) is 13.0. The van der Waals surface area contributed by atoms with Crippen molar-refractivity contribution < 1.29 is 19.1 Å². The zero-order valence-corrected chi connectivity index (χ0v) is 23.6. The molecule has 5 rings (SSSR count). The first-order valence-corrected chi connectivity index (χ1v) is 13.9. The molecule has 3 aromatic carbocycles. The summed E-state index contributed by atoms with van der Waals surface area (Å²) in [6.07, 6.45) is 0.159. The second kappa shape index (κ2) is 12.3. The van der Waals surface area contributed by atoms with Crippen molar-refractivity contribution in [1.82, 2.24) is 9.80 Å². The molecule has 0 saturated carbocycles. The van der Waals surface area contributed by atoms with Crippen LogP contribution in [0.4, 0.5) is 0 Å². The summed E-state index contributed by atoms with van der Waals surface area (Å²) in [4.78, 5) is 35.5. The zero-order chi connectivity index (χ0) is 28.1. The Kier molecular flexibility index (Phi) is 8.36. The lowest BCUT2D eigenvalue weighted by atomic mass is 9.93. The van der Waals surface area contributed by atoms with Crippen molar-refractivity contribution in [3.8, 4) is 5.75 Å². The highest BCUT2D eigenvalue weighted by atomic mass is 32.2. The number of nitrogens with zero attached hydrogens (tertiary/aromatic N) is 3. The number of esters is 1. The highest BCUT2D eigenvalue weighted by Gasteiger charge is 2.42. The van der Waals surface area contributed by atoms with Crippen LogP contribution in [0.25, 0.3) is 0 Å². The molecule has 0 fully saturated rings. The van der Waals surface area contributed by atoms with Gasteiger partial charge >= 0.3 is 5.97 Å². The molecule has 7 nitrogen and oxygen atoms in total. The van der Waals surface area contributed by atoms with Crippen LogP contribution in [0.2, 0.25) is 0 Å². The van der Waals surface area contributed by atoms with E-state index in [1.807, 2.05) is 102 Å². The fourth-order valence-electron chi connectivity index (χ4n) is 4.85. The van der Waals surface area contributed by atoms with Gasteiger partial charge < -0.3 is 19.3 Å². The molecule has 0 aromatic heterocycles. The fourth-order valence-corrected chi connectivity index (χ4v) is 5.82. The Labute approximate surface area is 238 Å². The minimum absolute atomic E-state index is 0.0322. The van der Waals surface area contributed by atoms with Crippen molar-refractivity contribution in [2.75, 3.05) is 14.2 Å². The molecule has 3 aromatic rings. The average Bonchev–Trinajstić information content (AvgIpc) is 3.37. The van der Waals surface area contributed by atoms with Gasteiger partial charge in [0, 0.05) is 24.9 Å². The van der Waals surface area contributed by atoms with Gasteiger partial charge in [0.15, 0.2) is 5.17 Å². The molecular formula is C32H31N3O4S. The quantitative estimate of drug-likeness (QED) is 0.300. The van der Waals surface area contributed by atoms with Gasteiger partial charge in [-0.2, -0.15) is 0 Å². The SMILES string of the molecule is COc1ccccc1[C@@H]1C(C(=O)OCc2ccccc2)=C(C)N=C2SC=C(CC(=O)N(C)Cc3ccccc3)N21. The molecule has 204 valence electrons.